The molecular weight excluding hydrogens is 136 g/mol. The van der Waals surface area contributed by atoms with E-state index in [1.165, 1.54) is 25.7 Å². The molecule has 0 heterocycles. The van der Waals surface area contributed by atoms with Crippen molar-refractivity contribution in [3.63, 3.8) is 0 Å². The van der Waals surface area contributed by atoms with Gasteiger partial charge in [0.2, 0.25) is 0 Å². The standard InChI is InChI=1S/C10H22O/c1-4-7-10(3)8-6-9-11-5-2/h10H,4-9H2,1-3H3. The first-order valence-electron chi connectivity index (χ1n) is 4.89. The summed E-state index contributed by atoms with van der Waals surface area (Å²) in [6.45, 7) is 8.44. The highest BCUT2D eigenvalue weighted by Gasteiger charge is 1.98. The first-order valence-corrected chi connectivity index (χ1v) is 4.89. The van der Waals surface area contributed by atoms with E-state index in [9.17, 15) is 0 Å². The summed E-state index contributed by atoms with van der Waals surface area (Å²) in [6.07, 6.45) is 5.24. The van der Waals surface area contributed by atoms with Gasteiger partial charge in [0.05, 0.1) is 0 Å². The van der Waals surface area contributed by atoms with Crippen LogP contribution in [0.3, 0.4) is 0 Å². The molecule has 0 spiro atoms. The Labute approximate surface area is 71.1 Å². The summed E-state index contributed by atoms with van der Waals surface area (Å²) in [7, 11) is 0. The smallest absolute Gasteiger partial charge is 0.0465 e. The summed E-state index contributed by atoms with van der Waals surface area (Å²) in [5.41, 5.74) is 0. The zero-order valence-electron chi connectivity index (χ0n) is 8.23. The van der Waals surface area contributed by atoms with E-state index < -0.39 is 0 Å². The van der Waals surface area contributed by atoms with Crippen LogP contribution < -0.4 is 0 Å². The lowest BCUT2D eigenvalue weighted by atomic mass is 10.0. The van der Waals surface area contributed by atoms with Crippen LogP contribution in [0, 0.1) is 5.92 Å². The van der Waals surface area contributed by atoms with E-state index in [-0.39, 0.29) is 0 Å². The summed E-state index contributed by atoms with van der Waals surface area (Å²) in [6, 6.07) is 0. The van der Waals surface area contributed by atoms with Crippen LogP contribution in [0.1, 0.15) is 46.5 Å². The van der Waals surface area contributed by atoms with Gasteiger partial charge in [-0.2, -0.15) is 0 Å². The molecule has 0 saturated heterocycles. The third-order valence-electron chi connectivity index (χ3n) is 1.97. The van der Waals surface area contributed by atoms with Crippen molar-refractivity contribution in [2.45, 2.75) is 46.5 Å². The van der Waals surface area contributed by atoms with E-state index in [0.29, 0.717) is 0 Å². The van der Waals surface area contributed by atoms with E-state index in [2.05, 4.69) is 20.8 Å². The van der Waals surface area contributed by atoms with Gasteiger partial charge in [-0.3, -0.25) is 0 Å². The van der Waals surface area contributed by atoms with Gasteiger partial charge < -0.3 is 4.74 Å². The maximum Gasteiger partial charge on any atom is 0.0465 e. The highest BCUT2D eigenvalue weighted by Crippen LogP contribution is 2.11. The highest BCUT2D eigenvalue weighted by molar-refractivity contribution is 4.51. The SMILES string of the molecule is CCCC(C)CCCOCC. The van der Waals surface area contributed by atoms with E-state index in [4.69, 9.17) is 4.74 Å². The monoisotopic (exact) mass is 158 g/mol. The summed E-state index contributed by atoms with van der Waals surface area (Å²) in [5, 5.41) is 0. The molecule has 0 saturated carbocycles. The largest absolute Gasteiger partial charge is 0.382 e. The summed E-state index contributed by atoms with van der Waals surface area (Å²) in [4.78, 5) is 0. The van der Waals surface area contributed by atoms with Gasteiger partial charge in [0, 0.05) is 13.2 Å². The quantitative estimate of drug-likeness (QED) is 0.517. The third-order valence-corrected chi connectivity index (χ3v) is 1.97. The Morgan fingerprint density at radius 1 is 1.18 bits per heavy atom. The van der Waals surface area contributed by atoms with Crippen LogP contribution in [-0.4, -0.2) is 13.2 Å². The van der Waals surface area contributed by atoms with Crippen molar-refractivity contribution < 1.29 is 4.74 Å². The lowest BCUT2D eigenvalue weighted by Crippen LogP contribution is -1.98. The minimum atomic E-state index is 0.863. The Balaban J connectivity index is 2.97. The molecule has 1 nitrogen and oxygen atoms in total. The molecule has 68 valence electrons. The molecule has 11 heavy (non-hydrogen) atoms. The van der Waals surface area contributed by atoms with Crippen molar-refractivity contribution in [2.24, 2.45) is 5.92 Å². The molecule has 0 aromatic heterocycles. The number of ether oxygens (including phenoxy) is 1. The molecule has 0 rings (SSSR count). The topological polar surface area (TPSA) is 9.23 Å². The van der Waals surface area contributed by atoms with Gasteiger partial charge in [0.25, 0.3) is 0 Å². The minimum Gasteiger partial charge on any atom is -0.382 e. The molecule has 0 aliphatic carbocycles. The number of rotatable bonds is 7. The molecular formula is C10H22O. The molecule has 0 N–H and O–H groups in total. The van der Waals surface area contributed by atoms with Crippen LogP contribution in [0.4, 0.5) is 0 Å². The van der Waals surface area contributed by atoms with E-state index in [0.717, 1.165) is 19.1 Å². The average molecular weight is 158 g/mol. The molecule has 0 amide bonds. The Bertz CT molecular complexity index is 71.3. The van der Waals surface area contributed by atoms with Crippen molar-refractivity contribution in [2.75, 3.05) is 13.2 Å². The van der Waals surface area contributed by atoms with Crippen LogP contribution in [0.5, 0.6) is 0 Å². The van der Waals surface area contributed by atoms with Gasteiger partial charge in [-0.05, 0) is 25.7 Å². The Morgan fingerprint density at radius 3 is 2.45 bits per heavy atom. The van der Waals surface area contributed by atoms with Gasteiger partial charge in [0.1, 0.15) is 0 Å². The normalized spacial score (nSPS) is 13.4. The predicted molar refractivity (Wildman–Crippen MR) is 49.8 cm³/mol. The second-order valence-electron chi connectivity index (χ2n) is 3.23. The van der Waals surface area contributed by atoms with Crippen LogP contribution in [0.25, 0.3) is 0 Å². The van der Waals surface area contributed by atoms with Gasteiger partial charge >= 0.3 is 0 Å². The van der Waals surface area contributed by atoms with Gasteiger partial charge in [-0.1, -0.05) is 26.7 Å². The third kappa shape index (κ3) is 7.86. The summed E-state index contributed by atoms with van der Waals surface area (Å²) in [5.74, 6) is 0.889. The first kappa shape index (κ1) is 11.0. The minimum absolute atomic E-state index is 0.863. The van der Waals surface area contributed by atoms with Crippen LogP contribution in [0.2, 0.25) is 0 Å². The van der Waals surface area contributed by atoms with Crippen molar-refractivity contribution in [3.8, 4) is 0 Å². The van der Waals surface area contributed by atoms with Gasteiger partial charge in [-0.25, -0.2) is 0 Å². The molecule has 1 unspecified atom stereocenters. The molecule has 0 aromatic carbocycles. The van der Waals surface area contributed by atoms with Crippen molar-refractivity contribution >= 4 is 0 Å². The maximum absolute atomic E-state index is 5.26. The van der Waals surface area contributed by atoms with E-state index in [1.54, 1.807) is 0 Å². The first-order chi connectivity index (χ1) is 5.31. The second-order valence-corrected chi connectivity index (χ2v) is 3.23. The molecule has 0 fully saturated rings. The Morgan fingerprint density at radius 2 is 1.91 bits per heavy atom. The molecule has 0 bridgehead atoms. The fourth-order valence-electron chi connectivity index (χ4n) is 1.32. The summed E-state index contributed by atoms with van der Waals surface area (Å²) >= 11 is 0. The molecule has 0 aliphatic heterocycles. The Kier molecular flexibility index (Phi) is 8.03. The van der Waals surface area contributed by atoms with Crippen LogP contribution >= 0.6 is 0 Å². The number of hydrogen-bond acceptors (Lipinski definition) is 1. The van der Waals surface area contributed by atoms with Crippen molar-refractivity contribution in [3.05, 3.63) is 0 Å². The Hall–Kier alpha value is -0.0400. The zero-order chi connectivity index (χ0) is 8.53. The van der Waals surface area contributed by atoms with Crippen LogP contribution in [-0.2, 0) is 4.74 Å². The predicted octanol–water partition coefficient (Wildman–Crippen LogP) is 3.24. The fourth-order valence-corrected chi connectivity index (χ4v) is 1.32. The zero-order valence-corrected chi connectivity index (χ0v) is 8.23. The highest BCUT2D eigenvalue weighted by atomic mass is 16.5. The van der Waals surface area contributed by atoms with Gasteiger partial charge in [0.15, 0.2) is 0 Å². The molecule has 1 atom stereocenters. The summed E-state index contributed by atoms with van der Waals surface area (Å²) < 4.78 is 5.26. The van der Waals surface area contributed by atoms with E-state index in [1.807, 2.05) is 0 Å². The average Bonchev–Trinajstić information content (AvgIpc) is 1.99. The van der Waals surface area contributed by atoms with Crippen molar-refractivity contribution in [1.29, 1.82) is 0 Å². The molecule has 0 aliphatic rings. The lowest BCUT2D eigenvalue weighted by Gasteiger charge is -2.08. The molecule has 0 radical (unpaired) electrons. The lowest BCUT2D eigenvalue weighted by molar-refractivity contribution is 0.139. The number of hydrogen-bond donors (Lipinski definition) is 0. The molecule has 1 heteroatoms. The second kappa shape index (κ2) is 8.06. The van der Waals surface area contributed by atoms with Gasteiger partial charge in [-0.15, -0.1) is 0 Å². The fraction of sp³-hybridized carbons (Fsp3) is 1.00. The van der Waals surface area contributed by atoms with Crippen LogP contribution in [0.15, 0.2) is 0 Å². The molecule has 0 aromatic rings. The maximum atomic E-state index is 5.26. The van der Waals surface area contributed by atoms with E-state index >= 15 is 0 Å². The van der Waals surface area contributed by atoms with Crippen molar-refractivity contribution in [1.82, 2.24) is 0 Å².